The summed E-state index contributed by atoms with van der Waals surface area (Å²) in [5.41, 5.74) is -1.39. The Morgan fingerprint density at radius 1 is 1.27 bits per heavy atom. The maximum Gasteiger partial charge on any atom is 0.424 e. The largest absolute Gasteiger partial charge is 0.494 e. The molecule has 45 heavy (non-hydrogen) atoms. The summed E-state index contributed by atoms with van der Waals surface area (Å²) in [5, 5.41) is 18.1. The number of nitrogens with zero attached hydrogens (tertiary/aromatic N) is 3. The Labute approximate surface area is 258 Å². The van der Waals surface area contributed by atoms with Gasteiger partial charge in [-0.3, -0.25) is 14.3 Å². The Morgan fingerprint density at radius 3 is 2.64 bits per heavy atom. The van der Waals surface area contributed by atoms with Gasteiger partial charge in [-0.25, -0.2) is 9.37 Å². The first-order valence-electron chi connectivity index (χ1n) is 13.7. The fraction of sp³-hybridized carbons (Fsp3) is 0.333. The van der Waals surface area contributed by atoms with E-state index in [1.165, 1.54) is 44.4 Å². The van der Waals surface area contributed by atoms with E-state index in [1.54, 1.807) is 10.9 Å². The van der Waals surface area contributed by atoms with Crippen LogP contribution in [0.2, 0.25) is 5.02 Å². The van der Waals surface area contributed by atoms with Crippen molar-refractivity contribution in [3.63, 3.8) is 0 Å². The van der Waals surface area contributed by atoms with Gasteiger partial charge in [-0.05, 0) is 50.1 Å². The minimum Gasteiger partial charge on any atom is -0.494 e. The second-order valence-corrected chi connectivity index (χ2v) is 11.7. The average molecular weight is 648 g/mol. The molecule has 15 heteroatoms. The van der Waals surface area contributed by atoms with Gasteiger partial charge in [0.25, 0.3) is 5.91 Å². The maximum absolute atomic E-state index is 15.2. The fourth-order valence-electron chi connectivity index (χ4n) is 5.25. The van der Waals surface area contributed by atoms with Gasteiger partial charge in [-0.15, -0.1) is 0 Å². The summed E-state index contributed by atoms with van der Waals surface area (Å²) in [6, 6.07) is 7.63. The molecular formula is C30H26ClF4N5O5. The number of benzene rings is 2. The number of carbonyl (C=O) groups excluding carboxylic acids is 2. The molecule has 1 aliphatic carbocycles. The number of ether oxygens (including phenoxy) is 2. The van der Waals surface area contributed by atoms with Crippen LogP contribution >= 0.6 is 11.6 Å². The van der Waals surface area contributed by atoms with Gasteiger partial charge in [0.15, 0.2) is 5.82 Å². The van der Waals surface area contributed by atoms with Gasteiger partial charge in [0.05, 0.1) is 30.4 Å². The summed E-state index contributed by atoms with van der Waals surface area (Å²) >= 11 is 5.94. The molecule has 10 nitrogen and oxygen atoms in total. The molecule has 2 amide bonds. The molecule has 0 unspecified atom stereocenters. The first-order chi connectivity index (χ1) is 21.2. The lowest BCUT2D eigenvalue weighted by Crippen LogP contribution is -2.51. The Bertz CT molecular complexity index is 1880. The lowest BCUT2D eigenvalue weighted by atomic mass is 9.81. The van der Waals surface area contributed by atoms with Crippen LogP contribution in [0.25, 0.3) is 22.2 Å². The number of aliphatic hydroxyl groups is 1. The molecule has 2 aromatic heterocycles. The topological polar surface area (TPSA) is 142 Å². The van der Waals surface area contributed by atoms with E-state index >= 15 is 4.39 Å². The molecule has 6 rings (SSSR count). The number of alkyl halides is 3. The number of aromatic nitrogens is 3. The molecule has 0 spiro atoms. The maximum atomic E-state index is 15.2. The Kier molecular flexibility index (Phi) is 7.20. The monoisotopic (exact) mass is 647 g/mol. The highest BCUT2D eigenvalue weighted by Crippen LogP contribution is 2.48. The number of nitrogens with two attached hydrogens (primary N) is 1. The molecule has 2 aliphatic rings. The zero-order valence-electron chi connectivity index (χ0n) is 23.8. The predicted octanol–water partition coefficient (Wildman–Crippen LogP) is 4.55. The Balaban J connectivity index is 1.42. The van der Waals surface area contributed by atoms with Crippen LogP contribution in [-0.2, 0) is 15.8 Å². The SMILES string of the molecule is COc1cc(C(=O)NC[C@](O)(c2cc3c(c(-c4cccc(Cl)c4F)n2)OC[C@]3(C)C(N)=O)C(F)(F)F)cc2cn(C3CC3)nc12. The molecule has 1 saturated carbocycles. The number of carbonyl (C=O) groups is 2. The first-order valence-corrected chi connectivity index (χ1v) is 14.1. The smallest absolute Gasteiger partial charge is 0.424 e. The van der Waals surface area contributed by atoms with Crippen LogP contribution in [0.1, 0.15) is 47.4 Å². The van der Waals surface area contributed by atoms with Crippen molar-refractivity contribution in [1.29, 1.82) is 0 Å². The average Bonchev–Trinajstić information content (AvgIpc) is 3.66. The molecule has 1 aliphatic heterocycles. The summed E-state index contributed by atoms with van der Waals surface area (Å²) in [4.78, 5) is 29.7. The highest BCUT2D eigenvalue weighted by molar-refractivity contribution is 6.31. The van der Waals surface area contributed by atoms with Crippen LogP contribution in [0, 0.1) is 5.82 Å². The minimum atomic E-state index is -5.42. The molecule has 4 N–H and O–H groups in total. The van der Waals surface area contributed by atoms with Crippen LogP contribution < -0.4 is 20.5 Å². The van der Waals surface area contributed by atoms with Crippen molar-refractivity contribution < 1.29 is 41.7 Å². The van der Waals surface area contributed by atoms with Crippen molar-refractivity contribution in [2.75, 3.05) is 20.3 Å². The van der Waals surface area contributed by atoms with Gasteiger partial charge in [-0.1, -0.05) is 17.7 Å². The van der Waals surface area contributed by atoms with E-state index in [1.807, 2.05) is 0 Å². The molecule has 3 heterocycles. The van der Waals surface area contributed by atoms with Crippen molar-refractivity contribution >= 4 is 34.3 Å². The van der Waals surface area contributed by atoms with E-state index in [4.69, 9.17) is 26.8 Å². The number of amides is 2. The number of rotatable bonds is 8. The number of pyridine rings is 1. The highest BCUT2D eigenvalue weighted by atomic mass is 35.5. The van der Waals surface area contributed by atoms with Crippen molar-refractivity contribution in [3.8, 4) is 22.8 Å². The third kappa shape index (κ3) is 5.01. The number of fused-ring (bicyclic) bond motifs is 2. The molecule has 4 aromatic rings. The lowest BCUT2D eigenvalue weighted by Gasteiger charge is -2.31. The lowest BCUT2D eigenvalue weighted by molar-refractivity contribution is -0.265. The fourth-order valence-corrected chi connectivity index (χ4v) is 5.42. The van der Waals surface area contributed by atoms with E-state index in [0.29, 0.717) is 10.9 Å². The van der Waals surface area contributed by atoms with E-state index in [2.05, 4.69) is 15.4 Å². The zero-order valence-corrected chi connectivity index (χ0v) is 24.6. The van der Waals surface area contributed by atoms with E-state index in [-0.39, 0.29) is 45.9 Å². The molecular weight excluding hydrogens is 622 g/mol. The predicted molar refractivity (Wildman–Crippen MR) is 154 cm³/mol. The van der Waals surface area contributed by atoms with Crippen LogP contribution in [0.5, 0.6) is 11.5 Å². The summed E-state index contributed by atoms with van der Waals surface area (Å²) in [6.07, 6.45) is -1.79. The second kappa shape index (κ2) is 10.6. The number of halogens is 5. The molecule has 0 bridgehead atoms. The van der Waals surface area contributed by atoms with E-state index < -0.39 is 52.8 Å². The highest BCUT2D eigenvalue weighted by Gasteiger charge is 2.58. The Morgan fingerprint density at radius 2 is 2.00 bits per heavy atom. The number of nitrogens with one attached hydrogen (secondary N) is 1. The van der Waals surface area contributed by atoms with Crippen LogP contribution in [-0.4, -0.2) is 58.1 Å². The van der Waals surface area contributed by atoms with Gasteiger partial charge in [0.1, 0.15) is 34.7 Å². The van der Waals surface area contributed by atoms with Crippen molar-refractivity contribution in [2.24, 2.45) is 5.73 Å². The first kappa shape index (κ1) is 30.6. The zero-order chi connectivity index (χ0) is 32.5. The molecule has 2 aromatic carbocycles. The normalized spacial score (nSPS) is 19.1. The summed E-state index contributed by atoms with van der Waals surface area (Å²) < 4.78 is 72.1. The quantitative estimate of drug-likeness (QED) is 0.238. The number of primary amides is 1. The van der Waals surface area contributed by atoms with Crippen LogP contribution in [0.3, 0.4) is 0 Å². The number of hydrogen-bond acceptors (Lipinski definition) is 7. The Hall–Kier alpha value is -4.43. The molecule has 0 radical (unpaired) electrons. The van der Waals surface area contributed by atoms with Gasteiger partial charge in [0.2, 0.25) is 11.5 Å². The van der Waals surface area contributed by atoms with Crippen molar-refractivity contribution in [1.82, 2.24) is 20.1 Å². The summed E-state index contributed by atoms with van der Waals surface area (Å²) in [7, 11) is 1.37. The molecule has 2 atom stereocenters. The number of methoxy groups -OCH3 is 1. The number of hydrogen-bond donors (Lipinski definition) is 3. The van der Waals surface area contributed by atoms with E-state index in [0.717, 1.165) is 18.9 Å². The van der Waals surface area contributed by atoms with Gasteiger partial charge in [-0.2, -0.15) is 18.3 Å². The van der Waals surface area contributed by atoms with Gasteiger partial charge >= 0.3 is 6.18 Å². The summed E-state index contributed by atoms with van der Waals surface area (Å²) in [5.74, 6) is -2.86. The van der Waals surface area contributed by atoms with Crippen LogP contribution in [0.15, 0.2) is 42.6 Å². The molecule has 1 fully saturated rings. The third-order valence-electron chi connectivity index (χ3n) is 8.22. The van der Waals surface area contributed by atoms with Crippen LogP contribution in [0.4, 0.5) is 17.6 Å². The van der Waals surface area contributed by atoms with Crippen molar-refractivity contribution in [3.05, 3.63) is 70.3 Å². The van der Waals surface area contributed by atoms with Gasteiger partial charge < -0.3 is 25.6 Å². The second-order valence-electron chi connectivity index (χ2n) is 11.3. The molecule has 0 saturated heterocycles. The summed E-state index contributed by atoms with van der Waals surface area (Å²) in [6.45, 7) is -0.429. The minimum absolute atomic E-state index is 0.0440. The van der Waals surface area contributed by atoms with Gasteiger partial charge in [0, 0.05) is 28.3 Å². The molecule has 236 valence electrons. The van der Waals surface area contributed by atoms with Crippen molar-refractivity contribution in [2.45, 2.75) is 43.0 Å². The van der Waals surface area contributed by atoms with E-state index in [9.17, 15) is 27.9 Å². The third-order valence-corrected chi connectivity index (χ3v) is 8.51. The standard InChI is InChI=1S/C30H26ClF4N5O5/c1-28(27(36)42)13-45-25-18(28)10-21(38-24(25)17-4-3-5-19(31)22(17)32)29(43,30(33,34)35)12-37-26(41)14-8-15-11-40(16-6-7-16)39-23(15)20(9-14)44-2/h3-5,8-11,16,43H,6-7,12-13H2,1-2H3,(H2,36,42)(H,37,41)/t28-,29-/m0/s1.